The third-order valence-electron chi connectivity index (χ3n) is 8.52. The molecule has 8 aromatic rings. The van der Waals surface area contributed by atoms with Gasteiger partial charge in [-0.05, 0) is 47.9 Å². The molecule has 9 rings (SSSR count). The molecule has 1 aliphatic carbocycles. The molecule has 0 fully saturated rings. The Hall–Kier alpha value is -5.81. The van der Waals surface area contributed by atoms with Crippen LogP contribution in [0.3, 0.4) is 0 Å². The zero-order valence-electron chi connectivity index (χ0n) is 23.8. The Balaban J connectivity index is 1.26. The Bertz CT molecular complexity index is 2330. The summed E-state index contributed by atoms with van der Waals surface area (Å²) in [7, 11) is 0. The highest BCUT2D eigenvalue weighted by molar-refractivity contribution is 6.10. The molecule has 0 saturated heterocycles. The number of benzene rings is 5. The Kier molecular flexibility index (Phi) is 5.56. The van der Waals surface area contributed by atoms with Gasteiger partial charge in [0.2, 0.25) is 5.95 Å². The molecule has 0 radical (unpaired) electrons. The van der Waals surface area contributed by atoms with Gasteiger partial charge in [0.15, 0.2) is 11.6 Å². The Morgan fingerprint density at radius 2 is 1.18 bits per heavy atom. The van der Waals surface area contributed by atoms with Gasteiger partial charge in [-0.2, -0.15) is 9.97 Å². The lowest BCUT2D eigenvalue weighted by atomic mass is 9.98. The van der Waals surface area contributed by atoms with Crippen LogP contribution in [0.5, 0.6) is 0 Å². The van der Waals surface area contributed by atoms with E-state index in [4.69, 9.17) is 19.4 Å². The summed E-state index contributed by atoms with van der Waals surface area (Å²) in [4.78, 5) is 15.0. The van der Waals surface area contributed by atoms with Gasteiger partial charge in [-0.25, -0.2) is 4.98 Å². The van der Waals surface area contributed by atoms with Gasteiger partial charge in [0.25, 0.3) is 0 Å². The van der Waals surface area contributed by atoms with E-state index in [0.717, 1.165) is 68.2 Å². The van der Waals surface area contributed by atoms with Crippen LogP contribution in [0.4, 0.5) is 0 Å². The molecule has 0 aliphatic heterocycles. The number of aryl methyl sites for hydroxylation is 1. The van der Waals surface area contributed by atoms with Crippen LogP contribution < -0.4 is 0 Å². The van der Waals surface area contributed by atoms with Gasteiger partial charge in [0.1, 0.15) is 11.3 Å². The van der Waals surface area contributed by atoms with Crippen molar-refractivity contribution in [1.29, 1.82) is 0 Å². The largest absolute Gasteiger partial charge is 0.460 e. The first-order valence-corrected chi connectivity index (χ1v) is 14.9. The number of aromatic nitrogens is 4. The van der Waals surface area contributed by atoms with Crippen LogP contribution in [-0.4, -0.2) is 19.5 Å². The van der Waals surface area contributed by atoms with Crippen LogP contribution in [0.2, 0.25) is 0 Å². The number of furan rings is 1. The molecule has 0 amide bonds. The lowest BCUT2D eigenvalue weighted by Gasteiger charge is -2.11. The summed E-state index contributed by atoms with van der Waals surface area (Å²) in [5.41, 5.74) is 8.47. The zero-order valence-corrected chi connectivity index (χ0v) is 23.8. The van der Waals surface area contributed by atoms with E-state index in [1.807, 2.05) is 60.7 Å². The predicted octanol–water partition coefficient (Wildman–Crippen LogP) is 9.68. The molecule has 5 heteroatoms. The Morgan fingerprint density at radius 1 is 0.545 bits per heavy atom. The second-order valence-corrected chi connectivity index (χ2v) is 11.2. The van der Waals surface area contributed by atoms with Gasteiger partial charge in [-0.15, -0.1) is 0 Å². The van der Waals surface area contributed by atoms with Gasteiger partial charge >= 0.3 is 0 Å². The lowest BCUT2D eigenvalue weighted by Crippen LogP contribution is -2.06. The van der Waals surface area contributed by atoms with Crippen molar-refractivity contribution in [3.05, 3.63) is 139 Å². The molecule has 3 heterocycles. The van der Waals surface area contributed by atoms with Crippen molar-refractivity contribution in [2.45, 2.75) is 12.8 Å². The van der Waals surface area contributed by atoms with E-state index in [1.54, 1.807) is 0 Å². The summed E-state index contributed by atoms with van der Waals surface area (Å²) in [6.45, 7) is 0. The van der Waals surface area contributed by atoms with E-state index in [-0.39, 0.29) is 0 Å². The van der Waals surface area contributed by atoms with E-state index < -0.39 is 0 Å². The first-order valence-electron chi connectivity index (χ1n) is 14.9. The third kappa shape index (κ3) is 3.97. The number of hydrogen-bond acceptors (Lipinski definition) is 4. The van der Waals surface area contributed by atoms with Crippen LogP contribution in [0, 0.1) is 0 Å². The van der Waals surface area contributed by atoms with E-state index >= 15 is 0 Å². The first-order chi connectivity index (χ1) is 21.8. The van der Waals surface area contributed by atoms with Crippen LogP contribution in [0.1, 0.15) is 17.7 Å². The van der Waals surface area contributed by atoms with Crippen molar-refractivity contribution in [3.8, 4) is 39.9 Å². The fraction of sp³-hybridized carbons (Fsp3) is 0.0513. The highest BCUT2D eigenvalue weighted by Gasteiger charge is 2.19. The van der Waals surface area contributed by atoms with E-state index in [0.29, 0.717) is 17.6 Å². The van der Waals surface area contributed by atoms with Crippen molar-refractivity contribution in [3.63, 3.8) is 0 Å². The summed E-state index contributed by atoms with van der Waals surface area (Å²) in [5, 5.41) is 3.47. The summed E-state index contributed by atoms with van der Waals surface area (Å²) >= 11 is 0. The molecular weight excluding hydrogens is 540 g/mol. The van der Waals surface area contributed by atoms with Crippen LogP contribution in [0.25, 0.3) is 78.7 Å². The first kappa shape index (κ1) is 24.8. The topological polar surface area (TPSA) is 56.7 Å². The van der Waals surface area contributed by atoms with Gasteiger partial charge in [-0.3, -0.25) is 4.57 Å². The highest BCUT2D eigenvalue weighted by atomic mass is 16.3. The highest BCUT2D eigenvalue weighted by Crippen LogP contribution is 2.37. The average Bonchev–Trinajstić information content (AvgIpc) is 3.64. The molecule has 0 atom stereocenters. The number of allylic oxidation sites excluding steroid dienone is 1. The molecule has 208 valence electrons. The summed E-state index contributed by atoms with van der Waals surface area (Å²) in [6.07, 6.45) is 6.42. The van der Waals surface area contributed by atoms with Crippen molar-refractivity contribution < 1.29 is 4.42 Å². The smallest absolute Gasteiger partial charge is 0.238 e. The number of fused-ring (bicyclic) bond motifs is 6. The molecule has 0 saturated carbocycles. The number of para-hydroxylation sites is 1. The normalized spacial score (nSPS) is 12.7. The second kappa shape index (κ2) is 9.89. The summed E-state index contributed by atoms with van der Waals surface area (Å²) < 4.78 is 8.33. The van der Waals surface area contributed by atoms with Crippen molar-refractivity contribution >= 4 is 38.9 Å². The Labute approximate surface area is 253 Å². The van der Waals surface area contributed by atoms with E-state index in [2.05, 4.69) is 77.4 Å². The molecule has 0 spiro atoms. The van der Waals surface area contributed by atoms with Crippen LogP contribution >= 0.6 is 0 Å². The van der Waals surface area contributed by atoms with Gasteiger partial charge in [-0.1, -0.05) is 103 Å². The third-order valence-corrected chi connectivity index (χ3v) is 8.52. The van der Waals surface area contributed by atoms with Gasteiger partial charge < -0.3 is 4.42 Å². The van der Waals surface area contributed by atoms with Gasteiger partial charge in [0.05, 0.1) is 11.0 Å². The molecular formula is C39H26N4O. The predicted molar refractivity (Wildman–Crippen MR) is 178 cm³/mol. The molecule has 1 aliphatic rings. The summed E-state index contributed by atoms with van der Waals surface area (Å²) in [6, 6.07) is 41.9. The SMILES string of the molecule is C1=Cc2c(oc3ccc(-c4ccc5c(c4)c4ccccc4n5-c4nc(-c5ccccc5)nc(-c5ccccc5)n4)cc23)CC1. The maximum atomic E-state index is 6.17. The molecule has 44 heavy (non-hydrogen) atoms. The van der Waals surface area contributed by atoms with Gasteiger partial charge in [0, 0.05) is 39.3 Å². The molecule has 0 unspecified atom stereocenters. The number of hydrogen-bond donors (Lipinski definition) is 0. The molecule has 0 N–H and O–H groups in total. The van der Waals surface area contributed by atoms with Crippen molar-refractivity contribution in [2.24, 2.45) is 0 Å². The maximum Gasteiger partial charge on any atom is 0.238 e. The minimum absolute atomic E-state index is 0.592. The Morgan fingerprint density at radius 3 is 1.93 bits per heavy atom. The monoisotopic (exact) mass is 566 g/mol. The van der Waals surface area contributed by atoms with E-state index in [9.17, 15) is 0 Å². The average molecular weight is 567 g/mol. The minimum atomic E-state index is 0.592. The fourth-order valence-corrected chi connectivity index (χ4v) is 6.40. The quantitative estimate of drug-likeness (QED) is 0.213. The lowest BCUT2D eigenvalue weighted by molar-refractivity contribution is 0.546. The minimum Gasteiger partial charge on any atom is -0.460 e. The second-order valence-electron chi connectivity index (χ2n) is 11.2. The van der Waals surface area contributed by atoms with Crippen molar-refractivity contribution in [2.75, 3.05) is 0 Å². The molecule has 3 aromatic heterocycles. The summed E-state index contributed by atoms with van der Waals surface area (Å²) in [5.74, 6) is 2.96. The van der Waals surface area contributed by atoms with Crippen LogP contribution in [-0.2, 0) is 6.42 Å². The molecule has 5 nitrogen and oxygen atoms in total. The standard InChI is InChI=1S/C39H26N4O/c1-3-11-25(12-4-1)37-40-38(26-13-5-2-6-14-26)42-39(41-37)43-33-17-9-7-15-29(33)31-23-27(19-21-34(31)43)28-20-22-36-32(24-28)30-16-8-10-18-35(30)44-36/h1-9,11-17,19-24H,10,18H2. The number of rotatable bonds is 4. The molecule has 5 aromatic carbocycles. The zero-order chi connectivity index (χ0) is 29.0. The fourth-order valence-electron chi connectivity index (χ4n) is 6.40. The van der Waals surface area contributed by atoms with E-state index in [1.165, 1.54) is 10.9 Å². The number of nitrogens with zero attached hydrogens (tertiary/aromatic N) is 4. The maximum absolute atomic E-state index is 6.17. The van der Waals surface area contributed by atoms with Crippen molar-refractivity contribution in [1.82, 2.24) is 19.5 Å². The molecule has 0 bridgehead atoms. The van der Waals surface area contributed by atoms with Crippen LogP contribution in [0.15, 0.2) is 132 Å².